The van der Waals surface area contributed by atoms with Gasteiger partial charge in [-0.2, -0.15) is 0 Å². The number of non-ortho nitro benzene ring substituents is 1. The van der Waals surface area contributed by atoms with Gasteiger partial charge in [-0.05, 0) is 23.8 Å². The van der Waals surface area contributed by atoms with E-state index >= 15 is 0 Å². The third-order valence-corrected chi connectivity index (χ3v) is 3.61. The number of nitro benzene ring substituents is 1. The monoisotopic (exact) mass is 342 g/mol. The number of benzene rings is 1. The lowest BCUT2D eigenvalue weighted by molar-refractivity contribution is -0.384. The van der Waals surface area contributed by atoms with Crippen molar-refractivity contribution in [3.63, 3.8) is 0 Å². The molecule has 1 aliphatic heterocycles. The summed E-state index contributed by atoms with van der Waals surface area (Å²) in [5.74, 6) is -0.780. The molecular weight excluding hydrogens is 328 g/mol. The normalized spacial score (nSPS) is 13.0. The number of nitro groups is 1. The predicted molar refractivity (Wildman–Crippen MR) is 87.0 cm³/mol. The van der Waals surface area contributed by atoms with E-state index in [0.29, 0.717) is 12.2 Å². The highest BCUT2D eigenvalue weighted by Crippen LogP contribution is 2.34. The summed E-state index contributed by atoms with van der Waals surface area (Å²) < 4.78 is 5.04. The second-order valence-electron chi connectivity index (χ2n) is 5.37. The quantitative estimate of drug-likeness (QED) is 0.373. The topological polar surface area (TPSA) is 115 Å². The molecule has 3 rings (SSSR count). The first kappa shape index (κ1) is 16.4. The largest absolute Gasteiger partial charge is 0.423 e. The van der Waals surface area contributed by atoms with E-state index < -0.39 is 10.9 Å². The molecule has 9 nitrogen and oxygen atoms in total. The van der Waals surface area contributed by atoms with Crippen LogP contribution in [0.5, 0.6) is 5.75 Å². The average Bonchev–Trinajstić information content (AvgIpc) is 2.60. The Morgan fingerprint density at radius 3 is 2.80 bits per heavy atom. The van der Waals surface area contributed by atoms with Crippen molar-refractivity contribution in [2.24, 2.45) is 0 Å². The molecule has 0 spiro atoms. The number of fused-ring (bicyclic) bond motifs is 1. The number of carbonyl (C=O) groups excluding carboxylic acids is 2. The van der Waals surface area contributed by atoms with Crippen LogP contribution in [0.25, 0.3) is 0 Å². The van der Waals surface area contributed by atoms with Crippen LogP contribution in [-0.4, -0.2) is 34.9 Å². The van der Waals surface area contributed by atoms with Crippen molar-refractivity contribution >= 4 is 23.3 Å². The maximum absolute atomic E-state index is 12.1. The molecule has 1 amide bonds. The van der Waals surface area contributed by atoms with Crippen LogP contribution in [0.4, 0.5) is 11.4 Å². The molecule has 2 heterocycles. The summed E-state index contributed by atoms with van der Waals surface area (Å²) in [6.07, 6.45) is 3.26. The number of ether oxygens (including phenoxy) is 1. The Balaban J connectivity index is 1.69. The van der Waals surface area contributed by atoms with Crippen molar-refractivity contribution in [3.05, 3.63) is 58.4 Å². The van der Waals surface area contributed by atoms with Crippen LogP contribution >= 0.6 is 0 Å². The maximum Gasteiger partial charge on any atom is 0.331 e. The Labute approximate surface area is 142 Å². The van der Waals surface area contributed by atoms with E-state index in [1.807, 2.05) is 0 Å². The summed E-state index contributed by atoms with van der Waals surface area (Å²) in [5, 5.41) is 13.6. The fraction of sp³-hybridized carbons (Fsp3) is 0.188. The van der Waals surface area contributed by atoms with Crippen LogP contribution in [0.3, 0.4) is 0 Å². The molecule has 1 N–H and O–H groups in total. The highest BCUT2D eigenvalue weighted by atomic mass is 16.6. The number of esters is 1. The summed E-state index contributed by atoms with van der Waals surface area (Å²) in [4.78, 5) is 39.5. The molecule has 128 valence electrons. The van der Waals surface area contributed by atoms with Gasteiger partial charge < -0.3 is 15.0 Å². The molecular formula is C16H14N4O5. The molecule has 0 unspecified atom stereocenters. The van der Waals surface area contributed by atoms with E-state index in [-0.39, 0.29) is 30.4 Å². The first-order valence-corrected chi connectivity index (χ1v) is 7.42. The Morgan fingerprint density at radius 2 is 2.08 bits per heavy atom. The molecule has 0 aliphatic carbocycles. The van der Waals surface area contributed by atoms with Crippen LogP contribution in [0.1, 0.15) is 5.56 Å². The van der Waals surface area contributed by atoms with Gasteiger partial charge in [-0.1, -0.05) is 0 Å². The molecule has 9 heteroatoms. The molecule has 1 aromatic heterocycles. The fourth-order valence-electron chi connectivity index (χ4n) is 2.43. The van der Waals surface area contributed by atoms with Crippen molar-refractivity contribution in [3.8, 4) is 5.75 Å². The van der Waals surface area contributed by atoms with Crippen molar-refractivity contribution < 1.29 is 19.2 Å². The summed E-state index contributed by atoms with van der Waals surface area (Å²) in [6.45, 7) is 0.172. The highest BCUT2D eigenvalue weighted by Gasteiger charge is 2.27. The number of nitrogens with one attached hydrogen (secondary N) is 1. The minimum atomic E-state index is -0.575. The summed E-state index contributed by atoms with van der Waals surface area (Å²) in [7, 11) is 0. The second-order valence-corrected chi connectivity index (χ2v) is 5.37. The van der Waals surface area contributed by atoms with Gasteiger partial charge in [0.2, 0.25) is 5.91 Å². The van der Waals surface area contributed by atoms with Gasteiger partial charge in [0, 0.05) is 25.0 Å². The molecule has 0 atom stereocenters. The molecule has 0 radical (unpaired) electrons. The lowest BCUT2D eigenvalue weighted by Gasteiger charge is -2.28. The van der Waals surface area contributed by atoms with Gasteiger partial charge in [-0.25, -0.2) is 4.79 Å². The van der Waals surface area contributed by atoms with E-state index in [1.54, 1.807) is 24.5 Å². The van der Waals surface area contributed by atoms with Crippen molar-refractivity contribution in [1.82, 2.24) is 10.3 Å². The van der Waals surface area contributed by atoms with Gasteiger partial charge >= 0.3 is 5.97 Å². The van der Waals surface area contributed by atoms with Crippen molar-refractivity contribution in [2.45, 2.75) is 6.54 Å². The lowest BCUT2D eigenvalue weighted by atomic mass is 10.2. The molecule has 0 saturated heterocycles. The van der Waals surface area contributed by atoms with Crippen LogP contribution in [0.2, 0.25) is 0 Å². The number of hydrogen-bond acceptors (Lipinski definition) is 7. The Morgan fingerprint density at radius 1 is 1.32 bits per heavy atom. The number of hydrogen-bond donors (Lipinski definition) is 1. The van der Waals surface area contributed by atoms with Gasteiger partial charge in [0.1, 0.15) is 6.54 Å². The molecule has 1 aliphatic rings. The summed E-state index contributed by atoms with van der Waals surface area (Å²) in [5.41, 5.74) is 1.18. The van der Waals surface area contributed by atoms with Crippen LogP contribution in [-0.2, 0) is 16.1 Å². The van der Waals surface area contributed by atoms with Gasteiger partial charge in [0.05, 0.1) is 23.2 Å². The molecule has 25 heavy (non-hydrogen) atoms. The second kappa shape index (κ2) is 6.95. The Kier molecular flexibility index (Phi) is 4.55. The molecule has 0 fully saturated rings. The minimum Gasteiger partial charge on any atom is -0.423 e. The Bertz CT molecular complexity index is 825. The van der Waals surface area contributed by atoms with E-state index in [2.05, 4.69) is 10.3 Å². The zero-order valence-corrected chi connectivity index (χ0v) is 13.0. The van der Waals surface area contributed by atoms with Gasteiger partial charge in [0.25, 0.3) is 5.69 Å². The number of anilines is 1. The number of rotatable bonds is 5. The molecule has 1 aromatic carbocycles. The van der Waals surface area contributed by atoms with E-state index in [1.165, 1.54) is 23.1 Å². The zero-order valence-electron chi connectivity index (χ0n) is 13.0. The van der Waals surface area contributed by atoms with E-state index in [9.17, 15) is 19.7 Å². The number of carbonyl (C=O) groups is 2. The van der Waals surface area contributed by atoms with Crippen LogP contribution in [0, 0.1) is 10.1 Å². The SMILES string of the molecule is O=C(CN1CC(=O)Oc2cc([N+](=O)[O-])ccc21)NCc1ccncc1. The van der Waals surface area contributed by atoms with Crippen molar-refractivity contribution in [2.75, 3.05) is 18.0 Å². The number of amides is 1. The Hall–Kier alpha value is -3.49. The van der Waals surface area contributed by atoms with Gasteiger partial charge in [-0.3, -0.25) is 19.9 Å². The first-order valence-electron chi connectivity index (χ1n) is 7.42. The third kappa shape index (κ3) is 3.89. The minimum absolute atomic E-state index is 0.0645. The van der Waals surface area contributed by atoms with Crippen LogP contribution < -0.4 is 15.0 Å². The smallest absolute Gasteiger partial charge is 0.331 e. The van der Waals surface area contributed by atoms with E-state index in [4.69, 9.17) is 4.74 Å². The van der Waals surface area contributed by atoms with Gasteiger partial charge in [0.15, 0.2) is 5.75 Å². The molecule has 0 saturated carbocycles. The summed E-state index contributed by atoms with van der Waals surface area (Å²) >= 11 is 0. The average molecular weight is 342 g/mol. The molecule has 2 aromatic rings. The fourth-order valence-corrected chi connectivity index (χ4v) is 2.43. The van der Waals surface area contributed by atoms with E-state index in [0.717, 1.165) is 5.56 Å². The maximum atomic E-state index is 12.1. The lowest BCUT2D eigenvalue weighted by Crippen LogP contribution is -2.43. The number of pyridine rings is 1. The zero-order chi connectivity index (χ0) is 17.8. The van der Waals surface area contributed by atoms with Crippen molar-refractivity contribution in [1.29, 1.82) is 0 Å². The number of nitrogens with zero attached hydrogens (tertiary/aromatic N) is 3. The first-order chi connectivity index (χ1) is 12.0. The third-order valence-electron chi connectivity index (χ3n) is 3.61. The molecule has 0 bridgehead atoms. The summed E-state index contributed by atoms with van der Waals surface area (Å²) in [6, 6.07) is 7.52. The van der Waals surface area contributed by atoms with Crippen LogP contribution in [0.15, 0.2) is 42.7 Å². The highest BCUT2D eigenvalue weighted by molar-refractivity contribution is 5.89. The standard InChI is InChI=1S/C16H14N4O5/c21-15(18-8-11-3-5-17-6-4-11)9-19-10-16(22)25-14-7-12(20(23)24)1-2-13(14)19/h1-7H,8-10H2,(H,18,21). The van der Waals surface area contributed by atoms with Gasteiger partial charge in [-0.15, -0.1) is 0 Å². The predicted octanol–water partition coefficient (Wildman–Crippen LogP) is 1.03. The number of aromatic nitrogens is 1.